The molecule has 1 aromatic heterocycles. The molecule has 0 saturated carbocycles. The zero-order chi connectivity index (χ0) is 22.3. The quantitative estimate of drug-likeness (QED) is 0.631. The number of rotatable bonds is 4. The van der Waals surface area contributed by atoms with Gasteiger partial charge in [0.05, 0.1) is 5.69 Å². The van der Waals surface area contributed by atoms with Crippen molar-refractivity contribution in [2.75, 3.05) is 18.9 Å². The highest BCUT2D eigenvalue weighted by Gasteiger charge is 2.48. The average molecular weight is 436 g/mol. The molecular formula is C20H26FN5O3S. The number of benzene rings is 1. The number of pyridine rings is 1. The predicted octanol–water partition coefficient (Wildman–Crippen LogP) is 1.95. The van der Waals surface area contributed by atoms with Gasteiger partial charge < -0.3 is 16.2 Å². The number of sulfonamides is 1. The second-order valence-corrected chi connectivity index (χ2v) is 10.6. The van der Waals surface area contributed by atoms with Crippen LogP contribution in [0.15, 0.2) is 47.6 Å². The van der Waals surface area contributed by atoms with Crippen LogP contribution in [0.1, 0.15) is 38.3 Å². The lowest BCUT2D eigenvalue weighted by Gasteiger charge is -2.30. The van der Waals surface area contributed by atoms with Crippen molar-refractivity contribution in [1.82, 2.24) is 9.29 Å². The molecule has 2 atom stereocenters. The fourth-order valence-corrected chi connectivity index (χ4v) is 4.93. The van der Waals surface area contributed by atoms with Crippen LogP contribution in [-0.4, -0.2) is 47.0 Å². The Morgan fingerprint density at radius 3 is 2.60 bits per heavy atom. The summed E-state index contributed by atoms with van der Waals surface area (Å²) in [5.74, 6) is -0.655. The lowest BCUT2D eigenvalue weighted by Crippen LogP contribution is -2.50. The summed E-state index contributed by atoms with van der Waals surface area (Å²) >= 11 is 0. The molecule has 2 heterocycles. The second-order valence-electron chi connectivity index (χ2n) is 8.04. The molecule has 1 aromatic carbocycles. The largest absolute Gasteiger partial charge is 0.386 e. The molecule has 0 radical (unpaired) electrons. The number of nitrogens with two attached hydrogens (primary N) is 1. The number of amidine groups is 1. The number of anilines is 1. The van der Waals surface area contributed by atoms with E-state index < -0.39 is 32.4 Å². The van der Waals surface area contributed by atoms with Gasteiger partial charge in [-0.1, -0.05) is 6.07 Å². The fraction of sp³-hybridized carbons (Fsp3) is 0.400. The summed E-state index contributed by atoms with van der Waals surface area (Å²) in [6.45, 7) is 4.48. The highest BCUT2D eigenvalue weighted by molar-refractivity contribution is 7.91. The molecule has 8 nitrogen and oxygen atoms in total. The van der Waals surface area contributed by atoms with Crippen LogP contribution in [0.5, 0.6) is 0 Å². The Morgan fingerprint density at radius 2 is 1.97 bits per heavy atom. The van der Waals surface area contributed by atoms with E-state index in [4.69, 9.17) is 5.73 Å². The smallest absolute Gasteiger partial charge is 0.226 e. The molecule has 0 saturated heterocycles. The molecule has 2 unspecified atom stereocenters. The molecule has 0 aliphatic carbocycles. The summed E-state index contributed by atoms with van der Waals surface area (Å²) in [5.41, 5.74) is 5.78. The molecule has 3 rings (SSSR count). The van der Waals surface area contributed by atoms with Crippen LogP contribution >= 0.6 is 0 Å². The third-order valence-electron chi connectivity index (χ3n) is 5.39. The summed E-state index contributed by atoms with van der Waals surface area (Å²) in [5, 5.41) is 13.2. The van der Waals surface area contributed by atoms with Gasteiger partial charge in [0.15, 0.2) is 6.23 Å². The van der Waals surface area contributed by atoms with Gasteiger partial charge in [-0.25, -0.2) is 17.1 Å². The first kappa shape index (κ1) is 22.1. The van der Waals surface area contributed by atoms with Crippen LogP contribution < -0.4 is 11.1 Å². The molecule has 10 heteroatoms. The first-order chi connectivity index (χ1) is 13.9. The van der Waals surface area contributed by atoms with Gasteiger partial charge in [-0.2, -0.15) is 0 Å². The number of hydrogen-bond acceptors (Lipinski definition) is 7. The first-order valence-corrected chi connectivity index (χ1v) is 10.8. The Hall–Kier alpha value is -2.56. The normalized spacial score (nSPS) is 24.5. The first-order valence-electron chi connectivity index (χ1n) is 9.36. The number of aromatic nitrogens is 1. The Morgan fingerprint density at radius 1 is 1.27 bits per heavy atom. The molecule has 30 heavy (non-hydrogen) atoms. The van der Waals surface area contributed by atoms with Gasteiger partial charge in [0.1, 0.15) is 21.9 Å². The highest BCUT2D eigenvalue weighted by Crippen LogP contribution is 2.37. The van der Waals surface area contributed by atoms with Gasteiger partial charge >= 0.3 is 0 Å². The molecule has 0 bridgehead atoms. The Labute approximate surface area is 175 Å². The van der Waals surface area contributed by atoms with Crippen LogP contribution in [0.3, 0.4) is 0 Å². The summed E-state index contributed by atoms with van der Waals surface area (Å²) in [7, 11) is -2.37. The minimum Gasteiger partial charge on any atom is -0.386 e. The third-order valence-corrected chi connectivity index (χ3v) is 7.84. The van der Waals surface area contributed by atoms with Crippen LogP contribution in [0.2, 0.25) is 0 Å². The standard InChI is InChI=1S/C20H26FN5O3S/c1-19(2)18(22)25-20(3,12-26(4)30(19,28)29)14-11-13(8-9-15(14)21)24-17(27)16-7-5-6-10-23-16/h5-11,17,24,27H,12H2,1-4H3,(H2,22,25). The van der Waals surface area contributed by atoms with Gasteiger partial charge in [0, 0.05) is 31.0 Å². The number of nitrogens with one attached hydrogen (secondary N) is 1. The zero-order valence-corrected chi connectivity index (χ0v) is 18.1. The molecule has 4 N–H and O–H groups in total. The number of hydrogen-bond donors (Lipinski definition) is 3. The SMILES string of the molecule is CN1CC(C)(c2cc(NC(O)c3ccccn3)ccc2F)N=C(N)C(C)(C)S1(=O)=O. The Bertz CT molecular complexity index is 1080. The second kappa shape index (κ2) is 7.60. The van der Waals surface area contributed by atoms with E-state index in [1.54, 1.807) is 31.3 Å². The fourth-order valence-electron chi connectivity index (χ4n) is 3.42. The predicted molar refractivity (Wildman–Crippen MR) is 114 cm³/mol. The number of nitrogens with zero attached hydrogens (tertiary/aromatic N) is 3. The van der Waals surface area contributed by atoms with Crippen LogP contribution in [0.25, 0.3) is 0 Å². The number of aliphatic hydroxyl groups is 1. The Kier molecular flexibility index (Phi) is 5.61. The minimum atomic E-state index is -3.79. The molecule has 0 spiro atoms. The Balaban J connectivity index is 2.02. The summed E-state index contributed by atoms with van der Waals surface area (Å²) in [6.07, 6.45) is 0.445. The van der Waals surface area contributed by atoms with Crippen molar-refractivity contribution in [2.24, 2.45) is 10.7 Å². The summed E-state index contributed by atoms with van der Waals surface area (Å²) in [4.78, 5) is 8.53. The maximum atomic E-state index is 14.9. The number of aliphatic imine (C=N–C) groups is 1. The number of likely N-dealkylation sites (N-methyl/N-ethyl adjacent to an activating group) is 1. The van der Waals surface area contributed by atoms with Gasteiger partial charge in [-0.05, 0) is 51.1 Å². The number of aliphatic hydroxyl groups excluding tert-OH is 1. The van der Waals surface area contributed by atoms with Crippen LogP contribution in [0, 0.1) is 5.82 Å². The van der Waals surface area contributed by atoms with E-state index in [-0.39, 0.29) is 17.9 Å². The molecule has 162 valence electrons. The molecule has 1 aliphatic heterocycles. The maximum absolute atomic E-state index is 14.9. The van der Waals surface area contributed by atoms with E-state index in [2.05, 4.69) is 15.3 Å². The molecule has 0 fully saturated rings. The summed E-state index contributed by atoms with van der Waals surface area (Å²) < 4.78 is 40.3. The van der Waals surface area contributed by atoms with Gasteiger partial charge in [-0.15, -0.1) is 0 Å². The molecular weight excluding hydrogens is 409 g/mol. The van der Waals surface area contributed by atoms with Crippen LogP contribution in [0.4, 0.5) is 10.1 Å². The van der Waals surface area contributed by atoms with Crippen molar-refractivity contribution in [1.29, 1.82) is 0 Å². The number of halogens is 1. The minimum absolute atomic E-state index is 0.0946. The van der Waals surface area contributed by atoms with Gasteiger partial charge in [-0.3, -0.25) is 9.98 Å². The van der Waals surface area contributed by atoms with E-state index in [9.17, 15) is 17.9 Å². The van der Waals surface area contributed by atoms with Crippen molar-refractivity contribution in [3.63, 3.8) is 0 Å². The maximum Gasteiger partial charge on any atom is 0.226 e. The van der Waals surface area contributed by atoms with Gasteiger partial charge in [0.25, 0.3) is 0 Å². The van der Waals surface area contributed by atoms with E-state index in [1.165, 1.54) is 39.1 Å². The third kappa shape index (κ3) is 3.78. The van der Waals surface area contributed by atoms with E-state index in [0.717, 1.165) is 4.31 Å². The van der Waals surface area contributed by atoms with Crippen LogP contribution in [-0.2, 0) is 15.6 Å². The lowest BCUT2D eigenvalue weighted by molar-refractivity contribution is 0.203. The van der Waals surface area contributed by atoms with Crippen molar-refractivity contribution in [3.05, 3.63) is 59.7 Å². The highest BCUT2D eigenvalue weighted by atomic mass is 32.2. The molecule has 2 aromatic rings. The van der Waals surface area contributed by atoms with E-state index in [1.807, 2.05) is 0 Å². The van der Waals surface area contributed by atoms with E-state index >= 15 is 0 Å². The lowest BCUT2D eigenvalue weighted by atomic mass is 9.91. The van der Waals surface area contributed by atoms with Crippen molar-refractivity contribution in [2.45, 2.75) is 37.3 Å². The molecule has 0 amide bonds. The summed E-state index contributed by atoms with van der Waals surface area (Å²) in [6, 6.07) is 9.34. The van der Waals surface area contributed by atoms with Crippen molar-refractivity contribution < 1.29 is 17.9 Å². The zero-order valence-electron chi connectivity index (χ0n) is 17.3. The molecule has 1 aliphatic rings. The van der Waals surface area contributed by atoms with Crippen molar-refractivity contribution >= 4 is 21.5 Å². The topological polar surface area (TPSA) is 121 Å². The average Bonchev–Trinajstić information content (AvgIpc) is 2.73. The van der Waals surface area contributed by atoms with Gasteiger partial charge in [0.2, 0.25) is 10.0 Å². The van der Waals surface area contributed by atoms with Crippen molar-refractivity contribution in [3.8, 4) is 0 Å². The monoisotopic (exact) mass is 435 g/mol. The van der Waals surface area contributed by atoms with E-state index in [0.29, 0.717) is 11.4 Å².